The molecule has 1 aromatic carbocycles. The number of benzene rings is 1. The number of pyridine rings is 1. The molecule has 144 valence electrons. The van der Waals surface area contributed by atoms with Crippen molar-refractivity contribution >= 4 is 17.4 Å². The third kappa shape index (κ3) is 4.94. The highest BCUT2D eigenvalue weighted by molar-refractivity contribution is 5.92. The molecule has 0 spiro atoms. The molecule has 1 aromatic heterocycles. The van der Waals surface area contributed by atoms with Crippen molar-refractivity contribution in [3.05, 3.63) is 54.0 Å². The van der Waals surface area contributed by atoms with Gasteiger partial charge in [0.2, 0.25) is 5.91 Å². The van der Waals surface area contributed by atoms with E-state index in [2.05, 4.69) is 10.3 Å². The number of aromatic nitrogens is 1. The summed E-state index contributed by atoms with van der Waals surface area (Å²) in [6.07, 6.45) is -3.27. The minimum atomic E-state index is -4.41. The van der Waals surface area contributed by atoms with E-state index in [0.29, 0.717) is 26.2 Å². The van der Waals surface area contributed by atoms with Gasteiger partial charge in [0.1, 0.15) is 11.6 Å². The number of alkyl halides is 3. The van der Waals surface area contributed by atoms with E-state index in [1.165, 1.54) is 18.2 Å². The monoisotopic (exact) mass is 382 g/mol. The highest BCUT2D eigenvalue weighted by Gasteiger charge is 2.31. The number of rotatable bonds is 4. The van der Waals surface area contributed by atoms with Crippen molar-refractivity contribution in [2.24, 2.45) is 0 Å². The fourth-order valence-corrected chi connectivity index (χ4v) is 2.86. The molecule has 5 nitrogen and oxygen atoms in total. The third-order valence-electron chi connectivity index (χ3n) is 4.28. The molecule has 0 radical (unpaired) electrons. The molecule has 0 atom stereocenters. The summed E-state index contributed by atoms with van der Waals surface area (Å²) in [5, 5.41) is 2.52. The Labute approximate surface area is 153 Å². The third-order valence-corrected chi connectivity index (χ3v) is 4.28. The van der Waals surface area contributed by atoms with E-state index >= 15 is 0 Å². The van der Waals surface area contributed by atoms with Crippen LogP contribution in [0.1, 0.15) is 5.56 Å². The van der Waals surface area contributed by atoms with Gasteiger partial charge < -0.3 is 10.2 Å². The van der Waals surface area contributed by atoms with Gasteiger partial charge in [-0.3, -0.25) is 9.69 Å². The van der Waals surface area contributed by atoms with Crippen LogP contribution in [0.5, 0.6) is 0 Å². The van der Waals surface area contributed by atoms with Gasteiger partial charge in [0.25, 0.3) is 0 Å². The maximum absolute atomic E-state index is 13.6. The van der Waals surface area contributed by atoms with Crippen LogP contribution in [0, 0.1) is 5.82 Å². The summed E-state index contributed by atoms with van der Waals surface area (Å²) in [4.78, 5) is 19.7. The zero-order chi connectivity index (χ0) is 19.4. The van der Waals surface area contributed by atoms with Crippen LogP contribution in [0.3, 0.4) is 0 Å². The second-order valence-electron chi connectivity index (χ2n) is 6.19. The second kappa shape index (κ2) is 7.91. The summed E-state index contributed by atoms with van der Waals surface area (Å²) in [6, 6.07) is 7.86. The fourth-order valence-electron chi connectivity index (χ4n) is 2.86. The minimum absolute atomic E-state index is 0.0815. The lowest BCUT2D eigenvalue weighted by molar-refractivity contribution is -0.137. The Morgan fingerprint density at radius 1 is 1.11 bits per heavy atom. The van der Waals surface area contributed by atoms with Crippen LogP contribution in [0.4, 0.5) is 29.1 Å². The largest absolute Gasteiger partial charge is 0.416 e. The van der Waals surface area contributed by atoms with Gasteiger partial charge in [0.15, 0.2) is 0 Å². The summed E-state index contributed by atoms with van der Waals surface area (Å²) < 4.78 is 52.0. The molecule has 9 heteroatoms. The highest BCUT2D eigenvalue weighted by atomic mass is 19.4. The van der Waals surface area contributed by atoms with E-state index in [4.69, 9.17) is 0 Å². The molecule has 0 bridgehead atoms. The SMILES string of the molecule is O=C(CN1CCN(c2cc(C(F)(F)F)ccn2)CC1)Nc1ccccc1F. The first kappa shape index (κ1) is 19.1. The maximum Gasteiger partial charge on any atom is 0.416 e. The Hall–Kier alpha value is -2.68. The summed E-state index contributed by atoms with van der Waals surface area (Å²) in [7, 11) is 0. The van der Waals surface area contributed by atoms with Gasteiger partial charge in [-0.25, -0.2) is 9.37 Å². The van der Waals surface area contributed by atoms with E-state index < -0.39 is 17.6 Å². The normalized spacial score (nSPS) is 15.6. The van der Waals surface area contributed by atoms with Crippen LogP contribution in [0.15, 0.2) is 42.6 Å². The molecule has 0 unspecified atom stereocenters. The predicted molar refractivity (Wildman–Crippen MR) is 92.9 cm³/mol. The first-order valence-corrected chi connectivity index (χ1v) is 8.38. The summed E-state index contributed by atoms with van der Waals surface area (Å²) in [6.45, 7) is 1.95. The van der Waals surface area contributed by atoms with Gasteiger partial charge in [-0.05, 0) is 24.3 Å². The maximum atomic E-state index is 13.6. The number of hydrogen-bond acceptors (Lipinski definition) is 4. The number of piperazine rings is 1. The number of para-hydroxylation sites is 1. The number of halogens is 4. The molecular formula is C18H18F4N4O. The molecule has 1 aliphatic heterocycles. The van der Waals surface area contributed by atoms with Crippen molar-refractivity contribution in [2.45, 2.75) is 6.18 Å². The van der Waals surface area contributed by atoms with Crippen molar-refractivity contribution in [1.82, 2.24) is 9.88 Å². The number of nitrogens with one attached hydrogen (secondary N) is 1. The standard InChI is InChI=1S/C18H18F4N4O/c19-14-3-1-2-4-15(14)24-17(27)12-25-7-9-26(10-8-25)16-11-13(5-6-23-16)18(20,21)22/h1-6,11H,7-10,12H2,(H,24,27). The number of amides is 1. The van der Waals surface area contributed by atoms with Crippen molar-refractivity contribution in [1.29, 1.82) is 0 Å². The first-order valence-electron chi connectivity index (χ1n) is 8.38. The first-order chi connectivity index (χ1) is 12.8. The lowest BCUT2D eigenvalue weighted by Gasteiger charge is -2.35. The minimum Gasteiger partial charge on any atom is -0.354 e. The van der Waals surface area contributed by atoms with Gasteiger partial charge in [-0.1, -0.05) is 12.1 Å². The average molecular weight is 382 g/mol. The van der Waals surface area contributed by atoms with Crippen LogP contribution in [0.25, 0.3) is 0 Å². The van der Waals surface area contributed by atoms with Crippen LogP contribution in [-0.4, -0.2) is 48.5 Å². The van der Waals surface area contributed by atoms with Crippen LogP contribution in [0.2, 0.25) is 0 Å². The molecule has 1 saturated heterocycles. The van der Waals surface area contributed by atoms with Gasteiger partial charge in [-0.2, -0.15) is 13.2 Å². The van der Waals surface area contributed by atoms with Crippen molar-refractivity contribution in [3.8, 4) is 0 Å². The van der Waals surface area contributed by atoms with Crippen LogP contribution in [-0.2, 0) is 11.0 Å². The lowest BCUT2D eigenvalue weighted by Crippen LogP contribution is -2.49. The molecule has 1 N–H and O–H groups in total. The van der Waals surface area contributed by atoms with E-state index in [9.17, 15) is 22.4 Å². The molecule has 2 heterocycles. The lowest BCUT2D eigenvalue weighted by atomic mass is 10.2. The Kier molecular flexibility index (Phi) is 5.59. The smallest absolute Gasteiger partial charge is 0.354 e. The number of carbonyl (C=O) groups is 1. The Balaban J connectivity index is 1.53. The number of anilines is 2. The predicted octanol–water partition coefficient (Wildman–Crippen LogP) is 3.00. The van der Waals surface area contributed by atoms with Gasteiger partial charge in [0, 0.05) is 32.4 Å². The number of hydrogen-bond donors (Lipinski definition) is 1. The molecule has 0 saturated carbocycles. The van der Waals surface area contributed by atoms with Gasteiger partial charge in [0.05, 0.1) is 17.8 Å². The molecule has 2 aromatic rings. The second-order valence-corrected chi connectivity index (χ2v) is 6.19. The molecule has 27 heavy (non-hydrogen) atoms. The van der Waals surface area contributed by atoms with E-state index in [1.54, 1.807) is 11.0 Å². The van der Waals surface area contributed by atoms with Gasteiger partial charge in [-0.15, -0.1) is 0 Å². The van der Waals surface area contributed by atoms with Crippen LogP contribution >= 0.6 is 0 Å². The zero-order valence-electron chi connectivity index (χ0n) is 14.3. The Morgan fingerprint density at radius 2 is 1.81 bits per heavy atom. The van der Waals surface area contributed by atoms with Crippen molar-refractivity contribution < 1.29 is 22.4 Å². The Bertz CT molecular complexity index is 804. The van der Waals surface area contributed by atoms with Crippen LogP contribution < -0.4 is 10.2 Å². The van der Waals surface area contributed by atoms with Crippen molar-refractivity contribution in [2.75, 3.05) is 42.9 Å². The molecule has 1 aliphatic rings. The molecule has 1 fully saturated rings. The zero-order valence-corrected chi connectivity index (χ0v) is 14.3. The fraction of sp³-hybridized carbons (Fsp3) is 0.333. The van der Waals surface area contributed by atoms with E-state index in [1.807, 2.05) is 4.90 Å². The van der Waals surface area contributed by atoms with E-state index in [-0.39, 0.29) is 24.0 Å². The van der Waals surface area contributed by atoms with Crippen molar-refractivity contribution in [3.63, 3.8) is 0 Å². The highest BCUT2D eigenvalue weighted by Crippen LogP contribution is 2.30. The summed E-state index contributed by atoms with van der Waals surface area (Å²) in [5.41, 5.74) is -0.617. The quantitative estimate of drug-likeness (QED) is 0.826. The molecule has 1 amide bonds. The van der Waals surface area contributed by atoms with E-state index in [0.717, 1.165) is 18.3 Å². The number of carbonyl (C=O) groups excluding carboxylic acids is 1. The average Bonchev–Trinajstić information content (AvgIpc) is 2.64. The topological polar surface area (TPSA) is 48.5 Å². The Morgan fingerprint density at radius 3 is 2.48 bits per heavy atom. The molecule has 0 aliphatic carbocycles. The molecule has 3 rings (SSSR count). The number of nitrogens with zero attached hydrogens (tertiary/aromatic N) is 3. The summed E-state index contributed by atoms with van der Waals surface area (Å²) in [5.74, 6) is -0.586. The summed E-state index contributed by atoms with van der Waals surface area (Å²) >= 11 is 0. The molecular weight excluding hydrogens is 364 g/mol. The van der Waals surface area contributed by atoms with Gasteiger partial charge >= 0.3 is 6.18 Å².